The number of halogens is 1. The second-order valence-corrected chi connectivity index (χ2v) is 6.64. The molecule has 4 rings (SSSR count). The third-order valence-corrected chi connectivity index (χ3v) is 4.90. The Hall–Kier alpha value is -3.04. The first-order valence-electron chi connectivity index (χ1n) is 8.96. The van der Waals surface area contributed by atoms with Gasteiger partial charge in [-0.15, -0.1) is 10.2 Å². The van der Waals surface area contributed by atoms with E-state index >= 15 is 0 Å². The second-order valence-electron chi connectivity index (χ2n) is 6.64. The van der Waals surface area contributed by atoms with Crippen LogP contribution >= 0.6 is 0 Å². The van der Waals surface area contributed by atoms with Crippen LogP contribution in [0, 0.1) is 5.82 Å². The summed E-state index contributed by atoms with van der Waals surface area (Å²) in [4.78, 5) is 10.5. The molecule has 1 aliphatic rings. The van der Waals surface area contributed by atoms with Gasteiger partial charge in [0.25, 0.3) is 0 Å². The van der Waals surface area contributed by atoms with Crippen molar-refractivity contribution in [1.29, 1.82) is 0 Å². The number of aromatic nitrogens is 7. The highest BCUT2D eigenvalue weighted by molar-refractivity contribution is 5.42. The van der Waals surface area contributed by atoms with Crippen molar-refractivity contribution in [2.75, 3.05) is 30.4 Å². The first-order chi connectivity index (χ1) is 13.2. The van der Waals surface area contributed by atoms with Crippen LogP contribution in [0.1, 0.15) is 30.4 Å². The third-order valence-electron chi connectivity index (χ3n) is 4.90. The molecule has 0 amide bonds. The number of rotatable bonds is 5. The fourth-order valence-electron chi connectivity index (χ4n) is 3.46. The molecule has 0 bridgehead atoms. The summed E-state index contributed by atoms with van der Waals surface area (Å²) >= 11 is 0. The molecule has 0 unspecified atom stereocenters. The fraction of sp³-hybridized carbons (Fsp3) is 0.471. The van der Waals surface area contributed by atoms with Crippen molar-refractivity contribution in [3.8, 4) is 0 Å². The van der Waals surface area contributed by atoms with Gasteiger partial charge in [-0.1, -0.05) is 0 Å². The molecule has 27 heavy (non-hydrogen) atoms. The van der Waals surface area contributed by atoms with Gasteiger partial charge in [-0.3, -0.25) is 4.68 Å². The average Bonchev–Trinajstić information content (AvgIpc) is 3.33. The van der Waals surface area contributed by atoms with E-state index in [2.05, 4.69) is 35.5 Å². The molecule has 4 heterocycles. The summed E-state index contributed by atoms with van der Waals surface area (Å²) in [5.74, 6) is 2.31. The van der Waals surface area contributed by atoms with E-state index in [1.165, 1.54) is 6.20 Å². The molecular formula is C17H22FN9. The summed E-state index contributed by atoms with van der Waals surface area (Å²) in [6, 6.07) is 1.89. The van der Waals surface area contributed by atoms with E-state index in [4.69, 9.17) is 0 Å². The van der Waals surface area contributed by atoms with Gasteiger partial charge in [0.15, 0.2) is 17.5 Å². The van der Waals surface area contributed by atoms with Gasteiger partial charge in [0.1, 0.15) is 12.4 Å². The molecule has 3 aromatic rings. The molecule has 142 valence electrons. The minimum Gasteiger partial charge on any atom is -0.371 e. The van der Waals surface area contributed by atoms with Crippen molar-refractivity contribution < 1.29 is 4.39 Å². The highest BCUT2D eigenvalue weighted by Gasteiger charge is 2.27. The summed E-state index contributed by atoms with van der Waals surface area (Å²) in [6.45, 7) is 2.14. The lowest BCUT2D eigenvalue weighted by molar-refractivity contribution is 0.471. The van der Waals surface area contributed by atoms with Crippen LogP contribution in [0.25, 0.3) is 0 Å². The zero-order valence-corrected chi connectivity index (χ0v) is 15.4. The lowest BCUT2D eigenvalue weighted by Crippen LogP contribution is -2.36. The molecular weight excluding hydrogens is 349 g/mol. The first kappa shape index (κ1) is 17.4. The topological polar surface area (TPSA) is 89.6 Å². The maximum absolute atomic E-state index is 13.7. The number of nitrogens with one attached hydrogen (secondary N) is 1. The normalized spacial score (nSPS) is 17.3. The molecule has 3 aromatic heterocycles. The van der Waals surface area contributed by atoms with Gasteiger partial charge in [0.05, 0.1) is 6.20 Å². The molecule has 0 saturated carbocycles. The summed E-state index contributed by atoms with van der Waals surface area (Å²) in [5, 5.41) is 15.8. The summed E-state index contributed by atoms with van der Waals surface area (Å²) < 4.78 is 17.5. The Morgan fingerprint density at radius 1 is 1.33 bits per heavy atom. The number of hydrogen-bond donors (Lipinski definition) is 1. The Bertz CT molecular complexity index is 905. The standard InChI is InChI=1S/C17H22FN9/c1-19-15-13(18)9-20-17(22-15)26-7-3-5-12(10-26)16-24-23-14(25(16)2)11-27-8-4-6-21-27/h4,6,8-9,12H,3,5,7,10-11H2,1-2H3,(H,19,20,22)/t12-/m1/s1. The van der Waals surface area contributed by atoms with Crippen molar-refractivity contribution >= 4 is 11.8 Å². The number of nitrogens with zero attached hydrogens (tertiary/aromatic N) is 8. The lowest BCUT2D eigenvalue weighted by atomic mass is 9.97. The molecule has 1 saturated heterocycles. The van der Waals surface area contributed by atoms with E-state index < -0.39 is 5.82 Å². The SMILES string of the molecule is CNc1nc(N2CCC[C@@H](c3nnc(Cn4cccn4)n3C)C2)ncc1F. The maximum Gasteiger partial charge on any atom is 0.227 e. The van der Waals surface area contributed by atoms with Gasteiger partial charge in [-0.2, -0.15) is 10.1 Å². The molecule has 1 fully saturated rings. The molecule has 9 nitrogen and oxygen atoms in total. The Kier molecular flexibility index (Phi) is 4.69. The molecule has 1 N–H and O–H groups in total. The van der Waals surface area contributed by atoms with Crippen LogP contribution in [0.5, 0.6) is 0 Å². The first-order valence-corrected chi connectivity index (χ1v) is 8.96. The van der Waals surface area contributed by atoms with E-state index in [0.29, 0.717) is 12.5 Å². The molecule has 1 atom stereocenters. The van der Waals surface area contributed by atoms with Crippen molar-refractivity contribution in [3.63, 3.8) is 0 Å². The largest absolute Gasteiger partial charge is 0.371 e. The zero-order valence-electron chi connectivity index (χ0n) is 15.4. The molecule has 10 heteroatoms. The van der Waals surface area contributed by atoms with E-state index in [1.807, 2.05) is 28.6 Å². The Morgan fingerprint density at radius 3 is 3.00 bits per heavy atom. The molecule has 0 spiro atoms. The van der Waals surface area contributed by atoms with Crippen LogP contribution in [-0.4, -0.2) is 54.7 Å². The minimum atomic E-state index is -0.452. The molecule has 0 aromatic carbocycles. The fourth-order valence-corrected chi connectivity index (χ4v) is 3.46. The summed E-state index contributed by atoms with van der Waals surface area (Å²) in [6.07, 6.45) is 6.87. The van der Waals surface area contributed by atoms with E-state index in [1.54, 1.807) is 13.2 Å². The van der Waals surface area contributed by atoms with Crippen molar-refractivity contribution in [2.45, 2.75) is 25.3 Å². The van der Waals surface area contributed by atoms with Crippen LogP contribution in [-0.2, 0) is 13.6 Å². The molecule has 1 aliphatic heterocycles. The van der Waals surface area contributed by atoms with Crippen LogP contribution in [0.3, 0.4) is 0 Å². The van der Waals surface area contributed by atoms with Crippen molar-refractivity contribution in [3.05, 3.63) is 42.1 Å². The minimum absolute atomic E-state index is 0.210. The van der Waals surface area contributed by atoms with E-state index in [0.717, 1.165) is 37.6 Å². The quantitative estimate of drug-likeness (QED) is 0.725. The highest BCUT2D eigenvalue weighted by Crippen LogP contribution is 2.28. The predicted molar refractivity (Wildman–Crippen MR) is 98.1 cm³/mol. The Balaban J connectivity index is 1.52. The summed E-state index contributed by atoms with van der Waals surface area (Å²) in [5.41, 5.74) is 0. The molecule has 0 radical (unpaired) electrons. The van der Waals surface area contributed by atoms with Gasteiger partial charge >= 0.3 is 0 Å². The Morgan fingerprint density at radius 2 is 2.22 bits per heavy atom. The van der Waals surface area contributed by atoms with Crippen LogP contribution in [0.15, 0.2) is 24.7 Å². The second kappa shape index (κ2) is 7.29. The van der Waals surface area contributed by atoms with Crippen molar-refractivity contribution in [1.82, 2.24) is 34.5 Å². The van der Waals surface area contributed by atoms with Crippen LogP contribution in [0.4, 0.5) is 16.2 Å². The average molecular weight is 371 g/mol. The van der Waals surface area contributed by atoms with Gasteiger partial charge < -0.3 is 14.8 Å². The van der Waals surface area contributed by atoms with E-state index in [9.17, 15) is 4.39 Å². The highest BCUT2D eigenvalue weighted by atomic mass is 19.1. The van der Waals surface area contributed by atoms with Gasteiger partial charge in [0, 0.05) is 45.5 Å². The van der Waals surface area contributed by atoms with Crippen LogP contribution in [0.2, 0.25) is 0 Å². The van der Waals surface area contributed by atoms with Crippen LogP contribution < -0.4 is 10.2 Å². The molecule has 0 aliphatic carbocycles. The smallest absolute Gasteiger partial charge is 0.227 e. The lowest BCUT2D eigenvalue weighted by Gasteiger charge is -2.32. The number of piperidine rings is 1. The maximum atomic E-state index is 13.7. The van der Waals surface area contributed by atoms with Gasteiger partial charge in [0.2, 0.25) is 5.95 Å². The monoisotopic (exact) mass is 371 g/mol. The van der Waals surface area contributed by atoms with Gasteiger partial charge in [-0.05, 0) is 18.9 Å². The number of hydrogen-bond acceptors (Lipinski definition) is 7. The third kappa shape index (κ3) is 3.46. The predicted octanol–water partition coefficient (Wildman–Crippen LogP) is 1.41. The zero-order chi connectivity index (χ0) is 18.8. The Labute approximate surface area is 156 Å². The van der Waals surface area contributed by atoms with Gasteiger partial charge in [-0.25, -0.2) is 9.37 Å². The van der Waals surface area contributed by atoms with Crippen molar-refractivity contribution in [2.24, 2.45) is 7.05 Å². The summed E-state index contributed by atoms with van der Waals surface area (Å²) in [7, 11) is 3.63. The number of anilines is 2. The van der Waals surface area contributed by atoms with E-state index in [-0.39, 0.29) is 11.7 Å².